The van der Waals surface area contributed by atoms with Crippen molar-refractivity contribution >= 4 is 22.6 Å². The molecule has 2 aromatic rings. The van der Waals surface area contributed by atoms with Gasteiger partial charge in [0, 0.05) is 12.6 Å². The highest BCUT2D eigenvalue weighted by Crippen LogP contribution is 2.22. The first-order valence-corrected chi connectivity index (χ1v) is 4.45. The molecule has 1 heterocycles. The summed E-state index contributed by atoms with van der Waals surface area (Å²) < 4.78 is 1.89. The zero-order valence-corrected chi connectivity index (χ0v) is 7.91. The summed E-state index contributed by atoms with van der Waals surface area (Å²) in [5, 5.41) is 9.67. The van der Waals surface area contributed by atoms with Crippen LogP contribution in [0.5, 0.6) is 5.75 Å². The summed E-state index contributed by atoms with van der Waals surface area (Å²) in [6.07, 6.45) is 0. The molecule has 3 nitrogen and oxygen atoms in total. The number of halogens is 1. The van der Waals surface area contributed by atoms with Crippen molar-refractivity contribution in [2.45, 2.75) is 13.5 Å². The predicted octanol–water partition coefficient (Wildman–Crippen LogP) is 2.42. The van der Waals surface area contributed by atoms with Gasteiger partial charge in [0.15, 0.2) is 0 Å². The van der Waals surface area contributed by atoms with Crippen molar-refractivity contribution in [1.29, 1.82) is 0 Å². The number of phenols is 1. The molecule has 0 aliphatic rings. The first-order valence-electron chi connectivity index (χ1n) is 4.07. The first-order chi connectivity index (χ1) is 6.22. The van der Waals surface area contributed by atoms with Crippen LogP contribution in [0.1, 0.15) is 6.92 Å². The molecule has 0 saturated heterocycles. The number of hydrogen-bond donors (Lipinski definition) is 1. The number of fused-ring (bicyclic) bond motifs is 1. The van der Waals surface area contributed by atoms with Crippen molar-refractivity contribution in [1.82, 2.24) is 9.55 Å². The number of nitrogens with zero attached hydrogens (tertiary/aromatic N) is 2. The molecule has 0 bridgehead atoms. The molecule has 0 saturated carbocycles. The highest BCUT2D eigenvalue weighted by atomic mass is 35.5. The number of phenolic OH excluding ortho intramolecular Hbond substituents is 1. The number of aromatic nitrogens is 2. The number of imidazole rings is 1. The summed E-state index contributed by atoms with van der Waals surface area (Å²) in [5.74, 6) is 0.213. The quantitative estimate of drug-likeness (QED) is 0.761. The van der Waals surface area contributed by atoms with Crippen LogP contribution in [0, 0.1) is 0 Å². The van der Waals surface area contributed by atoms with E-state index in [1.807, 2.05) is 17.6 Å². The van der Waals surface area contributed by atoms with Crippen LogP contribution in [0.15, 0.2) is 18.2 Å². The van der Waals surface area contributed by atoms with Crippen LogP contribution in [-0.4, -0.2) is 14.7 Å². The molecular formula is C9H9ClN2O. The van der Waals surface area contributed by atoms with Gasteiger partial charge in [-0.05, 0) is 30.7 Å². The third-order valence-electron chi connectivity index (χ3n) is 2.00. The van der Waals surface area contributed by atoms with Crippen molar-refractivity contribution in [2.75, 3.05) is 0 Å². The molecule has 0 unspecified atom stereocenters. The zero-order chi connectivity index (χ0) is 9.42. The smallest absolute Gasteiger partial charge is 0.203 e. The van der Waals surface area contributed by atoms with E-state index in [2.05, 4.69) is 4.98 Å². The Hall–Kier alpha value is -1.22. The van der Waals surface area contributed by atoms with Gasteiger partial charge >= 0.3 is 0 Å². The van der Waals surface area contributed by atoms with Crippen LogP contribution in [0.3, 0.4) is 0 Å². The molecule has 0 atom stereocenters. The lowest BCUT2D eigenvalue weighted by Gasteiger charge is -1.99. The molecule has 0 spiro atoms. The summed E-state index contributed by atoms with van der Waals surface area (Å²) in [5.41, 5.74) is 1.68. The highest BCUT2D eigenvalue weighted by molar-refractivity contribution is 6.29. The molecule has 0 aliphatic heterocycles. The Labute approximate surface area is 80.6 Å². The monoisotopic (exact) mass is 196 g/mol. The maximum absolute atomic E-state index is 9.21. The topological polar surface area (TPSA) is 38.0 Å². The molecule has 1 aromatic carbocycles. The molecule has 0 fully saturated rings. The van der Waals surface area contributed by atoms with Crippen molar-refractivity contribution in [3.8, 4) is 5.75 Å². The molecule has 13 heavy (non-hydrogen) atoms. The Morgan fingerprint density at radius 3 is 3.00 bits per heavy atom. The third-order valence-corrected chi connectivity index (χ3v) is 2.29. The van der Waals surface area contributed by atoms with Gasteiger partial charge in [-0.25, -0.2) is 4.98 Å². The Morgan fingerprint density at radius 1 is 1.54 bits per heavy atom. The second kappa shape index (κ2) is 2.92. The summed E-state index contributed by atoms with van der Waals surface area (Å²) in [4.78, 5) is 4.11. The van der Waals surface area contributed by atoms with E-state index in [1.165, 1.54) is 0 Å². The van der Waals surface area contributed by atoms with Crippen molar-refractivity contribution in [3.05, 3.63) is 23.5 Å². The van der Waals surface area contributed by atoms with Crippen LogP contribution < -0.4 is 0 Å². The fraction of sp³-hybridized carbons (Fsp3) is 0.222. The third kappa shape index (κ3) is 1.25. The predicted molar refractivity (Wildman–Crippen MR) is 52.1 cm³/mol. The molecule has 68 valence electrons. The van der Waals surface area contributed by atoms with E-state index in [1.54, 1.807) is 12.1 Å². The molecular weight excluding hydrogens is 188 g/mol. The lowest BCUT2D eigenvalue weighted by atomic mass is 10.3. The van der Waals surface area contributed by atoms with E-state index < -0.39 is 0 Å². The van der Waals surface area contributed by atoms with Gasteiger partial charge < -0.3 is 9.67 Å². The molecule has 1 N–H and O–H groups in total. The Bertz CT molecular complexity index is 450. The normalized spacial score (nSPS) is 10.9. The van der Waals surface area contributed by atoms with Gasteiger partial charge in [0.2, 0.25) is 5.28 Å². The molecule has 2 rings (SSSR count). The molecule has 0 radical (unpaired) electrons. The second-order valence-electron chi connectivity index (χ2n) is 2.80. The van der Waals surface area contributed by atoms with E-state index in [0.29, 0.717) is 5.28 Å². The van der Waals surface area contributed by atoms with E-state index in [0.717, 1.165) is 17.6 Å². The van der Waals surface area contributed by atoms with Crippen LogP contribution in [0.25, 0.3) is 11.0 Å². The van der Waals surface area contributed by atoms with Gasteiger partial charge in [-0.1, -0.05) is 0 Å². The van der Waals surface area contributed by atoms with Gasteiger partial charge in [-0.3, -0.25) is 0 Å². The number of benzene rings is 1. The van der Waals surface area contributed by atoms with Crippen molar-refractivity contribution < 1.29 is 5.11 Å². The minimum atomic E-state index is 0.213. The zero-order valence-electron chi connectivity index (χ0n) is 7.16. The fourth-order valence-electron chi connectivity index (χ4n) is 1.39. The highest BCUT2D eigenvalue weighted by Gasteiger charge is 2.06. The van der Waals surface area contributed by atoms with Gasteiger partial charge in [0.1, 0.15) is 5.75 Å². The average molecular weight is 197 g/mol. The first kappa shape index (κ1) is 8.38. The number of rotatable bonds is 1. The number of aromatic hydroxyl groups is 1. The van der Waals surface area contributed by atoms with Gasteiger partial charge in [-0.15, -0.1) is 0 Å². The largest absolute Gasteiger partial charge is 0.508 e. The van der Waals surface area contributed by atoms with Crippen LogP contribution in [-0.2, 0) is 6.54 Å². The Balaban J connectivity index is 2.79. The van der Waals surface area contributed by atoms with Crippen LogP contribution >= 0.6 is 11.6 Å². The SMILES string of the molecule is CCn1c(Cl)nc2cc(O)ccc21. The summed E-state index contributed by atoms with van der Waals surface area (Å²) in [7, 11) is 0. The molecule has 1 aromatic heterocycles. The standard InChI is InChI=1S/C9H9ClN2O/c1-2-12-8-4-3-6(13)5-7(8)11-9(12)10/h3-5,13H,2H2,1H3. The van der Waals surface area contributed by atoms with Crippen LogP contribution in [0.4, 0.5) is 0 Å². The molecule has 0 amide bonds. The minimum Gasteiger partial charge on any atom is -0.508 e. The van der Waals surface area contributed by atoms with Crippen molar-refractivity contribution in [3.63, 3.8) is 0 Å². The Morgan fingerprint density at radius 2 is 2.31 bits per heavy atom. The van der Waals surface area contributed by atoms with Gasteiger partial charge in [-0.2, -0.15) is 0 Å². The number of hydrogen-bond acceptors (Lipinski definition) is 2. The number of aryl methyl sites for hydroxylation is 1. The maximum atomic E-state index is 9.21. The lowest BCUT2D eigenvalue weighted by Crippen LogP contribution is -1.92. The van der Waals surface area contributed by atoms with E-state index in [4.69, 9.17) is 11.6 Å². The van der Waals surface area contributed by atoms with E-state index in [-0.39, 0.29) is 5.75 Å². The van der Waals surface area contributed by atoms with Gasteiger partial charge in [0.25, 0.3) is 0 Å². The van der Waals surface area contributed by atoms with E-state index in [9.17, 15) is 5.11 Å². The molecule has 4 heteroatoms. The Kier molecular flexibility index (Phi) is 1.88. The fourth-order valence-corrected chi connectivity index (χ4v) is 1.69. The lowest BCUT2D eigenvalue weighted by molar-refractivity contribution is 0.476. The second-order valence-corrected chi connectivity index (χ2v) is 3.14. The van der Waals surface area contributed by atoms with E-state index >= 15 is 0 Å². The minimum absolute atomic E-state index is 0.213. The van der Waals surface area contributed by atoms with Crippen LogP contribution in [0.2, 0.25) is 5.28 Å². The van der Waals surface area contributed by atoms with Gasteiger partial charge in [0.05, 0.1) is 11.0 Å². The summed E-state index contributed by atoms with van der Waals surface area (Å²) >= 11 is 5.89. The summed E-state index contributed by atoms with van der Waals surface area (Å²) in [6, 6.07) is 5.05. The average Bonchev–Trinajstić information content (AvgIpc) is 2.39. The molecule has 0 aliphatic carbocycles. The van der Waals surface area contributed by atoms with Crippen molar-refractivity contribution in [2.24, 2.45) is 0 Å². The summed E-state index contributed by atoms with van der Waals surface area (Å²) in [6.45, 7) is 2.78. The maximum Gasteiger partial charge on any atom is 0.203 e.